The molecule has 0 N–H and O–H groups in total. The average molecular weight is 1010 g/mol. The Hall–Kier alpha value is -2.81. The Kier molecular flexibility index (Phi) is 13.3. The van der Waals surface area contributed by atoms with Crippen molar-refractivity contribution in [3.8, 4) is 0 Å². The smallest absolute Gasteiger partial charge is 0.343 e. The Morgan fingerprint density at radius 3 is 0.676 bits per heavy atom. The minimum atomic E-state index is -2.56. The van der Waals surface area contributed by atoms with Crippen LogP contribution in [0.15, 0.2) is 121 Å². The molecular formula is C58H80N4P4Si2. The molecule has 7 aliphatic rings. The molecule has 7 aliphatic heterocycles. The number of hydrogen-bond donors (Lipinski definition) is 0. The molecule has 0 aliphatic carbocycles. The predicted octanol–water partition coefficient (Wildman–Crippen LogP) is 20.4. The number of anilines is 4. The third-order valence-electron chi connectivity index (χ3n) is 15.3. The van der Waals surface area contributed by atoms with Crippen molar-refractivity contribution in [3.05, 3.63) is 165 Å². The Bertz CT molecular complexity index is 2450. The first kappa shape index (κ1) is 50.1. The van der Waals surface area contributed by atoms with Gasteiger partial charge in [0.05, 0.1) is 0 Å². The summed E-state index contributed by atoms with van der Waals surface area (Å²) in [5.74, 6) is 3.20. The lowest BCUT2D eigenvalue weighted by atomic mass is 9.92. The second-order valence-corrected chi connectivity index (χ2v) is 66.5. The van der Waals surface area contributed by atoms with Gasteiger partial charge in [-0.15, -0.1) is 0 Å². The number of para-hydroxylation sites is 4. The van der Waals surface area contributed by atoms with Gasteiger partial charge >= 0.3 is 15.5 Å². The molecule has 0 atom stereocenters. The molecule has 360 valence electrons. The van der Waals surface area contributed by atoms with Crippen LogP contribution >= 0.6 is 27.4 Å². The van der Waals surface area contributed by atoms with Crippen molar-refractivity contribution >= 4 is 65.6 Å². The van der Waals surface area contributed by atoms with Crippen LogP contribution in [-0.4, -0.2) is 15.5 Å². The number of allylic oxidation sites excluding steroid dienone is 4. The molecule has 0 radical (unpaired) electrons. The highest BCUT2D eigenvalue weighted by molar-refractivity contribution is 9.51. The van der Waals surface area contributed by atoms with E-state index in [0.29, 0.717) is 47.3 Å². The van der Waals surface area contributed by atoms with Gasteiger partial charge in [0.15, 0.2) is 0 Å². The van der Waals surface area contributed by atoms with E-state index in [-0.39, 0.29) is 27.4 Å². The van der Waals surface area contributed by atoms with E-state index in [1.54, 1.807) is 11.4 Å². The standard InChI is InChI=1S/C58H80N4P4Si2/c1-35(2)47-25-21-26-48(36(3)4)55(47)59-43(17)33-44(18)60(56-49(37(5)6)27-22-28-50(56)38(7)8)67(59)63-65-64(67)66(63)68(65)61(57-51(39(9)10)29-23-30-52(57)40(11)12)45(19)34-46(20)62(68)58-53(41(13)14)31-24-32-54(58)42(15)16/h21-42H,17,19H2,1-16,18,20H3. The predicted molar refractivity (Wildman–Crippen MR) is 313 cm³/mol. The highest BCUT2D eigenvalue weighted by Gasteiger charge is 3.05. The Morgan fingerprint density at radius 2 is 0.500 bits per heavy atom. The summed E-state index contributed by atoms with van der Waals surface area (Å²) in [5, 5.41) is 0. The van der Waals surface area contributed by atoms with Crippen LogP contribution < -0.4 is 18.3 Å². The minimum absolute atomic E-state index is 0.332. The molecule has 4 nitrogen and oxygen atoms in total. The van der Waals surface area contributed by atoms with Gasteiger partial charge in [0.25, 0.3) is 0 Å². The molecule has 2 spiro atoms. The maximum atomic E-state index is 5.18. The van der Waals surface area contributed by atoms with E-state index in [0.717, 1.165) is 0 Å². The first-order valence-corrected chi connectivity index (χ1v) is 41.1. The quantitative estimate of drug-likeness (QED) is 0.104. The largest absolute Gasteiger partial charge is 0.346 e. The van der Waals surface area contributed by atoms with Crippen LogP contribution in [-0.2, 0) is 0 Å². The summed E-state index contributed by atoms with van der Waals surface area (Å²) in [6.45, 7) is 52.8. The minimum Gasteiger partial charge on any atom is -0.346 e. The van der Waals surface area contributed by atoms with E-state index in [9.17, 15) is 0 Å². The van der Waals surface area contributed by atoms with Gasteiger partial charge in [-0.2, -0.15) is 0 Å². The molecule has 4 bridgehead atoms. The molecule has 5 saturated heterocycles. The van der Waals surface area contributed by atoms with Crippen LogP contribution in [0.1, 0.15) is 216 Å². The lowest BCUT2D eigenvalue weighted by molar-refractivity contribution is 0.823. The Balaban J connectivity index is 1.39. The summed E-state index contributed by atoms with van der Waals surface area (Å²) in [5.41, 5.74) is 23.5. The van der Waals surface area contributed by atoms with Gasteiger partial charge in [0, 0.05) is 45.5 Å². The molecule has 0 aromatic heterocycles. The van der Waals surface area contributed by atoms with Crippen molar-refractivity contribution in [3.63, 3.8) is 0 Å². The summed E-state index contributed by atoms with van der Waals surface area (Å²) >= 11 is 0. The highest BCUT2D eigenvalue weighted by atomic mass is 33.4. The number of nitrogens with zero attached hydrogens (tertiary/aromatic N) is 4. The van der Waals surface area contributed by atoms with Crippen LogP contribution in [0.4, 0.5) is 22.7 Å². The van der Waals surface area contributed by atoms with E-state index >= 15 is 0 Å². The molecule has 10 heteroatoms. The van der Waals surface area contributed by atoms with Crippen molar-refractivity contribution in [2.75, 3.05) is 18.3 Å². The second-order valence-electron chi connectivity index (χ2n) is 22.6. The maximum absolute atomic E-state index is 5.18. The summed E-state index contributed by atoms with van der Waals surface area (Å²) in [4.78, 5) is 0. The van der Waals surface area contributed by atoms with E-state index in [4.69, 9.17) is 13.2 Å². The zero-order chi connectivity index (χ0) is 49.4. The average Bonchev–Trinajstić information content (AvgIpc) is 3.23. The van der Waals surface area contributed by atoms with Crippen LogP contribution in [0, 0.1) is 0 Å². The first-order valence-electron chi connectivity index (χ1n) is 25.8. The second kappa shape index (κ2) is 18.0. The lowest BCUT2D eigenvalue weighted by Gasteiger charge is -2.94. The summed E-state index contributed by atoms with van der Waals surface area (Å²) in [7, 11) is -5.13. The molecule has 5 fully saturated rings. The summed E-state index contributed by atoms with van der Waals surface area (Å²) in [6.07, 6.45) is 5.00. The van der Waals surface area contributed by atoms with Gasteiger partial charge in [0.1, 0.15) is 0 Å². The zero-order valence-electron chi connectivity index (χ0n) is 44.7. The normalized spacial score (nSPS) is 25.3. The Morgan fingerprint density at radius 1 is 0.324 bits per heavy atom. The highest BCUT2D eigenvalue weighted by Crippen LogP contribution is 3.49. The first-order chi connectivity index (χ1) is 32.1. The molecule has 11 rings (SSSR count). The fourth-order valence-corrected chi connectivity index (χ4v) is 214. The van der Waals surface area contributed by atoms with Gasteiger partial charge in [-0.05, 0) is 145 Å². The molecule has 68 heavy (non-hydrogen) atoms. The maximum Gasteiger partial charge on any atom is 0.343 e. The molecule has 0 unspecified atom stereocenters. The fraction of sp³-hybridized carbons (Fsp3) is 0.448. The van der Waals surface area contributed by atoms with Crippen LogP contribution in [0.3, 0.4) is 0 Å². The van der Waals surface area contributed by atoms with Gasteiger partial charge in [0.2, 0.25) is 0 Å². The van der Waals surface area contributed by atoms with Crippen LogP contribution in [0.2, 0.25) is 0 Å². The van der Waals surface area contributed by atoms with Gasteiger partial charge in [-0.3, -0.25) is 0 Å². The van der Waals surface area contributed by atoms with Crippen LogP contribution in [0.25, 0.3) is 0 Å². The summed E-state index contributed by atoms with van der Waals surface area (Å²) in [6, 6.07) is 29.2. The molecule has 0 amide bonds. The van der Waals surface area contributed by atoms with E-state index in [2.05, 4.69) is 228 Å². The molecule has 4 aromatic carbocycles. The van der Waals surface area contributed by atoms with Gasteiger partial charge in [-0.1, -0.05) is 197 Å². The van der Waals surface area contributed by atoms with Crippen molar-refractivity contribution < 1.29 is 0 Å². The van der Waals surface area contributed by atoms with Crippen molar-refractivity contribution in [1.29, 1.82) is 0 Å². The van der Waals surface area contributed by atoms with Gasteiger partial charge < -0.3 is 18.3 Å². The van der Waals surface area contributed by atoms with Crippen LogP contribution in [0.5, 0.6) is 0 Å². The third-order valence-corrected chi connectivity index (χ3v) is 129. The molecule has 4 aromatic rings. The Labute approximate surface area is 418 Å². The number of rotatable bonds is 12. The third kappa shape index (κ3) is 6.83. The zero-order valence-corrected chi connectivity index (χ0v) is 50.3. The topological polar surface area (TPSA) is 13.0 Å². The SMILES string of the molecule is C=C1C=C(C)N(c2c(C(C)C)cccc2C(C)C)[Si]2(N1c1c(C(C)C)cccc1C(C)C)P1P3P2P1[Si]31N(c2c(C(C)C)cccc2C(C)C)C(=C)C=C(C)N1c1c(C(C)C)cccc1C(C)C. The summed E-state index contributed by atoms with van der Waals surface area (Å²) < 4.78 is 12.5. The molecular weight excluding hydrogens is 933 g/mol. The molecule has 7 heterocycles. The van der Waals surface area contributed by atoms with Crippen molar-refractivity contribution in [2.45, 2.75) is 172 Å². The number of benzene rings is 4. The fourth-order valence-electron chi connectivity index (χ4n) is 12.1. The van der Waals surface area contributed by atoms with E-state index in [1.807, 2.05) is 0 Å². The monoisotopic (exact) mass is 1010 g/mol. The lowest BCUT2D eigenvalue weighted by Crippen LogP contribution is -2.83. The van der Waals surface area contributed by atoms with Crippen molar-refractivity contribution in [1.82, 2.24) is 0 Å². The van der Waals surface area contributed by atoms with Crippen molar-refractivity contribution in [2.24, 2.45) is 0 Å². The number of hydrogen-bond acceptors (Lipinski definition) is 4. The van der Waals surface area contributed by atoms with Gasteiger partial charge in [-0.25, -0.2) is 0 Å². The van der Waals surface area contributed by atoms with E-state index < -0.39 is 15.5 Å². The van der Waals surface area contributed by atoms with E-state index in [1.165, 1.54) is 78.7 Å². The molecule has 0 saturated carbocycles.